The lowest BCUT2D eigenvalue weighted by atomic mass is 9.97. The summed E-state index contributed by atoms with van der Waals surface area (Å²) in [4.78, 5) is 0. The maximum Gasteiger partial charge on any atom is 0.0983 e. The zero-order chi connectivity index (χ0) is 14.0. The molecule has 0 aliphatic rings. The standard InChI is InChI=1S/C14H12BrCl2NO/c15-10-5-9(6-12(17)7-10)14(19)13(18)8-1-3-11(16)4-2-8/h1-7,13-14,19H,18H2/t13-,14?/m1/s1. The quantitative estimate of drug-likeness (QED) is 0.847. The van der Waals surface area contributed by atoms with Crippen LogP contribution < -0.4 is 5.73 Å². The predicted molar refractivity (Wildman–Crippen MR) is 82.5 cm³/mol. The number of rotatable bonds is 3. The van der Waals surface area contributed by atoms with Crippen LogP contribution in [0.4, 0.5) is 0 Å². The van der Waals surface area contributed by atoms with Gasteiger partial charge in [-0.2, -0.15) is 0 Å². The van der Waals surface area contributed by atoms with Crippen molar-refractivity contribution in [3.8, 4) is 0 Å². The number of halogens is 3. The third-order valence-electron chi connectivity index (χ3n) is 2.82. The Balaban J connectivity index is 2.27. The number of hydrogen-bond acceptors (Lipinski definition) is 2. The zero-order valence-corrected chi connectivity index (χ0v) is 13.0. The van der Waals surface area contributed by atoms with Crippen LogP contribution in [0.25, 0.3) is 0 Å². The van der Waals surface area contributed by atoms with Crippen molar-refractivity contribution < 1.29 is 5.11 Å². The lowest BCUT2D eigenvalue weighted by Crippen LogP contribution is -2.19. The fourth-order valence-corrected chi connectivity index (χ4v) is 2.83. The van der Waals surface area contributed by atoms with Crippen LogP contribution in [0.1, 0.15) is 23.3 Å². The highest BCUT2D eigenvalue weighted by Gasteiger charge is 2.19. The first kappa shape index (κ1) is 14.8. The highest BCUT2D eigenvalue weighted by atomic mass is 79.9. The van der Waals surface area contributed by atoms with Crippen LogP contribution in [-0.2, 0) is 0 Å². The van der Waals surface area contributed by atoms with Crippen molar-refractivity contribution in [1.29, 1.82) is 0 Å². The van der Waals surface area contributed by atoms with E-state index in [0.29, 0.717) is 15.6 Å². The first-order valence-corrected chi connectivity index (χ1v) is 7.17. The third-order valence-corrected chi connectivity index (χ3v) is 3.75. The zero-order valence-electron chi connectivity index (χ0n) is 9.85. The Morgan fingerprint density at radius 1 is 0.947 bits per heavy atom. The lowest BCUT2D eigenvalue weighted by molar-refractivity contribution is 0.147. The Morgan fingerprint density at radius 3 is 2.16 bits per heavy atom. The van der Waals surface area contributed by atoms with Crippen molar-refractivity contribution >= 4 is 39.1 Å². The topological polar surface area (TPSA) is 46.2 Å². The Morgan fingerprint density at radius 2 is 1.58 bits per heavy atom. The van der Waals surface area contributed by atoms with Crippen molar-refractivity contribution in [2.24, 2.45) is 5.73 Å². The Hall–Kier alpha value is -0.580. The van der Waals surface area contributed by atoms with E-state index in [1.54, 1.807) is 42.5 Å². The van der Waals surface area contributed by atoms with Crippen molar-refractivity contribution in [3.63, 3.8) is 0 Å². The average molecular weight is 361 g/mol. The molecule has 100 valence electrons. The molecule has 0 aliphatic heterocycles. The molecule has 0 saturated heterocycles. The molecule has 5 heteroatoms. The molecule has 1 unspecified atom stereocenters. The third kappa shape index (κ3) is 3.71. The molecule has 0 aliphatic carbocycles. The minimum absolute atomic E-state index is 0.539. The summed E-state index contributed by atoms with van der Waals surface area (Å²) in [5, 5.41) is 11.5. The smallest absolute Gasteiger partial charge is 0.0983 e. The fourth-order valence-electron chi connectivity index (χ4n) is 1.82. The SMILES string of the molecule is N[C@H](c1ccc(Cl)cc1)C(O)c1cc(Cl)cc(Br)c1. The summed E-state index contributed by atoms with van der Waals surface area (Å²) in [6.07, 6.45) is -0.837. The van der Waals surface area contributed by atoms with Crippen molar-refractivity contribution in [1.82, 2.24) is 0 Å². The number of benzene rings is 2. The molecule has 0 heterocycles. The average Bonchev–Trinajstić information content (AvgIpc) is 2.37. The molecule has 0 spiro atoms. The van der Waals surface area contributed by atoms with Gasteiger partial charge in [-0.05, 0) is 41.5 Å². The number of aliphatic hydroxyl groups is 1. The first-order valence-electron chi connectivity index (χ1n) is 5.62. The maximum atomic E-state index is 10.3. The van der Waals surface area contributed by atoms with Gasteiger partial charge in [0, 0.05) is 14.5 Å². The summed E-state index contributed by atoms with van der Waals surface area (Å²) < 4.78 is 0.803. The maximum absolute atomic E-state index is 10.3. The normalized spacial score (nSPS) is 14.2. The molecule has 2 nitrogen and oxygen atoms in total. The molecule has 2 aromatic rings. The summed E-state index contributed by atoms with van der Waals surface area (Å²) >= 11 is 15.1. The van der Waals surface area contributed by atoms with Gasteiger partial charge >= 0.3 is 0 Å². The summed E-state index contributed by atoms with van der Waals surface area (Å²) in [6.45, 7) is 0. The highest BCUT2D eigenvalue weighted by Crippen LogP contribution is 2.31. The van der Waals surface area contributed by atoms with Gasteiger partial charge in [0.15, 0.2) is 0 Å². The molecular formula is C14H12BrCl2NO. The van der Waals surface area contributed by atoms with E-state index in [4.69, 9.17) is 28.9 Å². The molecule has 0 bridgehead atoms. The van der Waals surface area contributed by atoms with Gasteiger partial charge in [-0.25, -0.2) is 0 Å². The Labute approximate surface area is 130 Å². The van der Waals surface area contributed by atoms with Gasteiger partial charge in [0.2, 0.25) is 0 Å². The van der Waals surface area contributed by atoms with E-state index in [1.165, 1.54) is 0 Å². The van der Waals surface area contributed by atoms with E-state index in [1.807, 2.05) is 0 Å². The molecule has 0 aromatic heterocycles. The Bertz CT molecular complexity index is 554. The van der Waals surface area contributed by atoms with Gasteiger partial charge in [0.1, 0.15) is 0 Å². The minimum Gasteiger partial charge on any atom is -0.386 e. The van der Waals surface area contributed by atoms with Gasteiger partial charge in [0.05, 0.1) is 12.1 Å². The molecule has 2 rings (SSSR count). The second-order valence-electron chi connectivity index (χ2n) is 4.22. The van der Waals surface area contributed by atoms with Crippen molar-refractivity contribution in [3.05, 3.63) is 68.1 Å². The van der Waals surface area contributed by atoms with Crippen LogP contribution in [0.5, 0.6) is 0 Å². The molecule has 0 saturated carbocycles. The van der Waals surface area contributed by atoms with Gasteiger partial charge in [0.25, 0.3) is 0 Å². The van der Waals surface area contributed by atoms with E-state index in [-0.39, 0.29) is 0 Å². The molecule has 3 N–H and O–H groups in total. The van der Waals surface area contributed by atoms with E-state index < -0.39 is 12.1 Å². The minimum atomic E-state index is -0.837. The van der Waals surface area contributed by atoms with E-state index in [9.17, 15) is 5.11 Å². The van der Waals surface area contributed by atoms with Crippen LogP contribution in [0.3, 0.4) is 0 Å². The second-order valence-corrected chi connectivity index (χ2v) is 6.01. The van der Waals surface area contributed by atoms with Gasteiger partial charge < -0.3 is 10.8 Å². The van der Waals surface area contributed by atoms with E-state index in [0.717, 1.165) is 10.0 Å². The molecule has 0 fully saturated rings. The molecule has 0 amide bonds. The number of hydrogen-bond donors (Lipinski definition) is 2. The number of aliphatic hydroxyl groups excluding tert-OH is 1. The van der Waals surface area contributed by atoms with Crippen molar-refractivity contribution in [2.45, 2.75) is 12.1 Å². The molecule has 2 aromatic carbocycles. The van der Waals surface area contributed by atoms with E-state index >= 15 is 0 Å². The monoisotopic (exact) mass is 359 g/mol. The fraction of sp³-hybridized carbons (Fsp3) is 0.143. The molecular weight excluding hydrogens is 349 g/mol. The largest absolute Gasteiger partial charge is 0.386 e. The molecule has 0 radical (unpaired) electrons. The first-order chi connectivity index (χ1) is 8.97. The summed E-state index contributed by atoms with van der Waals surface area (Å²) in [5.41, 5.74) is 7.55. The predicted octanol–water partition coefficient (Wildman–Crippen LogP) is 4.49. The highest BCUT2D eigenvalue weighted by molar-refractivity contribution is 9.10. The summed E-state index contributed by atoms with van der Waals surface area (Å²) in [7, 11) is 0. The van der Waals surface area contributed by atoms with Gasteiger partial charge in [-0.1, -0.05) is 51.3 Å². The second kappa shape index (κ2) is 6.25. The molecule has 19 heavy (non-hydrogen) atoms. The summed E-state index contributed by atoms with van der Waals surface area (Å²) in [6, 6.07) is 11.8. The Kier molecular flexibility index (Phi) is 4.87. The summed E-state index contributed by atoms with van der Waals surface area (Å²) in [5.74, 6) is 0. The van der Waals surface area contributed by atoms with Crippen LogP contribution >= 0.6 is 39.1 Å². The van der Waals surface area contributed by atoms with Gasteiger partial charge in [-0.3, -0.25) is 0 Å². The van der Waals surface area contributed by atoms with Crippen molar-refractivity contribution in [2.75, 3.05) is 0 Å². The number of nitrogens with two attached hydrogens (primary N) is 1. The van der Waals surface area contributed by atoms with Crippen LogP contribution in [0.15, 0.2) is 46.9 Å². The molecule has 2 atom stereocenters. The van der Waals surface area contributed by atoms with E-state index in [2.05, 4.69) is 15.9 Å². The van der Waals surface area contributed by atoms with Crippen LogP contribution in [-0.4, -0.2) is 5.11 Å². The van der Waals surface area contributed by atoms with Crippen LogP contribution in [0.2, 0.25) is 10.0 Å². The van der Waals surface area contributed by atoms with Crippen LogP contribution in [0, 0.1) is 0 Å². The lowest BCUT2D eigenvalue weighted by Gasteiger charge is -2.20. The van der Waals surface area contributed by atoms with Gasteiger partial charge in [-0.15, -0.1) is 0 Å².